The molecule has 0 amide bonds. The number of thioether (sulfide) groups is 1. The summed E-state index contributed by atoms with van der Waals surface area (Å²) in [7, 11) is 0. The number of hydrogen-bond donors (Lipinski definition) is 0. The molecule has 0 aliphatic heterocycles. The Hall–Kier alpha value is -0.460. The molecule has 0 aromatic heterocycles. The molecule has 0 radical (unpaired) electrons. The van der Waals surface area contributed by atoms with Gasteiger partial charge >= 0.3 is 0 Å². The second kappa shape index (κ2) is 6.92. The summed E-state index contributed by atoms with van der Waals surface area (Å²) in [6.07, 6.45) is 3.82. The SMILES string of the molecule is CCCCCSc1ccc(C#N)c(Br)c1. The van der Waals surface area contributed by atoms with Crippen LogP contribution in [-0.4, -0.2) is 5.75 Å². The lowest BCUT2D eigenvalue weighted by Gasteiger charge is -2.02. The summed E-state index contributed by atoms with van der Waals surface area (Å²) in [4.78, 5) is 1.23. The third kappa shape index (κ3) is 4.27. The van der Waals surface area contributed by atoms with Gasteiger partial charge in [-0.25, -0.2) is 0 Å². The number of nitrogens with zero attached hydrogens (tertiary/aromatic N) is 1. The fourth-order valence-electron chi connectivity index (χ4n) is 1.22. The summed E-state index contributed by atoms with van der Waals surface area (Å²) < 4.78 is 0.894. The lowest BCUT2D eigenvalue weighted by molar-refractivity contribution is 0.778. The van der Waals surface area contributed by atoms with Gasteiger partial charge in [0.15, 0.2) is 0 Å². The zero-order chi connectivity index (χ0) is 11.1. The van der Waals surface area contributed by atoms with Crippen molar-refractivity contribution in [3.8, 4) is 6.07 Å². The summed E-state index contributed by atoms with van der Waals surface area (Å²) >= 11 is 5.25. The summed E-state index contributed by atoms with van der Waals surface area (Å²) in [6.45, 7) is 2.21. The summed E-state index contributed by atoms with van der Waals surface area (Å²) in [5.41, 5.74) is 0.702. The molecule has 1 nitrogen and oxygen atoms in total. The van der Waals surface area contributed by atoms with E-state index in [1.165, 1.54) is 24.2 Å². The number of benzene rings is 1. The van der Waals surface area contributed by atoms with Crippen molar-refractivity contribution >= 4 is 27.7 Å². The first-order chi connectivity index (χ1) is 7.27. The molecule has 1 aromatic carbocycles. The van der Waals surface area contributed by atoms with Crippen LogP contribution >= 0.6 is 27.7 Å². The molecule has 0 fully saturated rings. The third-order valence-corrected chi connectivity index (χ3v) is 3.81. The molecular formula is C12H14BrNS. The Morgan fingerprint density at radius 1 is 1.40 bits per heavy atom. The lowest BCUT2D eigenvalue weighted by Crippen LogP contribution is -1.82. The highest BCUT2D eigenvalue weighted by atomic mass is 79.9. The molecule has 0 spiro atoms. The first kappa shape index (κ1) is 12.6. The van der Waals surface area contributed by atoms with Crippen LogP contribution in [0.5, 0.6) is 0 Å². The summed E-state index contributed by atoms with van der Waals surface area (Å²) in [6, 6.07) is 8.05. The molecule has 1 aromatic rings. The third-order valence-electron chi connectivity index (χ3n) is 2.08. The van der Waals surface area contributed by atoms with Crippen molar-refractivity contribution < 1.29 is 0 Å². The van der Waals surface area contributed by atoms with Gasteiger partial charge in [0.25, 0.3) is 0 Å². The maximum atomic E-state index is 8.77. The van der Waals surface area contributed by atoms with Gasteiger partial charge in [0.1, 0.15) is 6.07 Å². The van der Waals surface area contributed by atoms with Gasteiger partial charge in [-0.2, -0.15) is 5.26 Å². The predicted octanol–water partition coefficient (Wildman–Crippen LogP) is 4.60. The van der Waals surface area contributed by atoms with Gasteiger partial charge in [-0.05, 0) is 46.3 Å². The molecule has 1 rings (SSSR count). The van der Waals surface area contributed by atoms with Crippen LogP contribution < -0.4 is 0 Å². The van der Waals surface area contributed by atoms with Crippen LogP contribution in [0.25, 0.3) is 0 Å². The Morgan fingerprint density at radius 2 is 2.20 bits per heavy atom. The molecule has 3 heteroatoms. The molecule has 0 saturated carbocycles. The van der Waals surface area contributed by atoms with Gasteiger partial charge in [-0.15, -0.1) is 11.8 Å². The van der Waals surface area contributed by atoms with E-state index >= 15 is 0 Å². The highest BCUT2D eigenvalue weighted by Gasteiger charge is 2.00. The Bertz CT molecular complexity index is 357. The monoisotopic (exact) mass is 283 g/mol. The standard InChI is InChI=1S/C12H14BrNS/c1-2-3-4-7-15-11-6-5-10(9-14)12(13)8-11/h5-6,8H,2-4,7H2,1H3. The Morgan fingerprint density at radius 3 is 2.80 bits per heavy atom. The second-order valence-corrected chi connectivity index (χ2v) is 5.33. The van der Waals surface area contributed by atoms with Gasteiger partial charge in [0, 0.05) is 9.37 Å². The predicted molar refractivity (Wildman–Crippen MR) is 69.1 cm³/mol. The van der Waals surface area contributed by atoms with Crippen LogP contribution in [0, 0.1) is 11.3 Å². The van der Waals surface area contributed by atoms with Crippen LogP contribution in [0.3, 0.4) is 0 Å². The zero-order valence-electron chi connectivity index (χ0n) is 8.79. The molecule has 0 saturated heterocycles. The molecule has 0 heterocycles. The van der Waals surface area contributed by atoms with Gasteiger partial charge in [0.05, 0.1) is 5.56 Å². The number of hydrogen-bond acceptors (Lipinski definition) is 2. The molecule has 15 heavy (non-hydrogen) atoms. The van der Waals surface area contributed by atoms with Gasteiger partial charge < -0.3 is 0 Å². The Kier molecular flexibility index (Phi) is 5.82. The van der Waals surface area contributed by atoms with E-state index in [1.54, 1.807) is 0 Å². The van der Waals surface area contributed by atoms with E-state index < -0.39 is 0 Å². The summed E-state index contributed by atoms with van der Waals surface area (Å²) in [5.74, 6) is 1.16. The molecule has 0 atom stereocenters. The van der Waals surface area contributed by atoms with Gasteiger partial charge in [-0.1, -0.05) is 19.8 Å². The van der Waals surface area contributed by atoms with Crippen molar-refractivity contribution in [1.29, 1.82) is 5.26 Å². The minimum Gasteiger partial charge on any atom is -0.192 e. The number of rotatable bonds is 5. The smallest absolute Gasteiger partial charge is 0.100 e. The molecule has 80 valence electrons. The van der Waals surface area contributed by atoms with E-state index in [1.807, 2.05) is 30.0 Å². The Labute approximate surface area is 104 Å². The Balaban J connectivity index is 2.49. The van der Waals surface area contributed by atoms with Crippen molar-refractivity contribution in [3.63, 3.8) is 0 Å². The molecule has 0 N–H and O–H groups in total. The molecule has 0 unspecified atom stereocenters. The van der Waals surface area contributed by atoms with Crippen LogP contribution in [0.2, 0.25) is 0 Å². The largest absolute Gasteiger partial charge is 0.192 e. The zero-order valence-corrected chi connectivity index (χ0v) is 11.2. The maximum absolute atomic E-state index is 8.77. The molecule has 0 bridgehead atoms. The quantitative estimate of drug-likeness (QED) is 0.582. The fraction of sp³-hybridized carbons (Fsp3) is 0.417. The average Bonchev–Trinajstić information content (AvgIpc) is 2.25. The number of halogens is 1. The highest BCUT2D eigenvalue weighted by molar-refractivity contribution is 9.10. The van der Waals surface area contributed by atoms with Crippen LogP contribution in [0.1, 0.15) is 31.7 Å². The minimum absolute atomic E-state index is 0.702. The minimum atomic E-state index is 0.702. The molecule has 0 aliphatic rings. The van der Waals surface area contributed by atoms with Gasteiger partial charge in [0.2, 0.25) is 0 Å². The van der Waals surface area contributed by atoms with Crippen molar-refractivity contribution in [3.05, 3.63) is 28.2 Å². The fourth-order valence-corrected chi connectivity index (χ4v) is 2.79. The van der Waals surface area contributed by atoms with Crippen molar-refractivity contribution in [1.82, 2.24) is 0 Å². The van der Waals surface area contributed by atoms with E-state index in [0.717, 1.165) is 10.2 Å². The molecular weight excluding hydrogens is 270 g/mol. The van der Waals surface area contributed by atoms with Crippen LogP contribution in [-0.2, 0) is 0 Å². The van der Waals surface area contributed by atoms with Crippen LogP contribution in [0.15, 0.2) is 27.6 Å². The van der Waals surface area contributed by atoms with E-state index in [-0.39, 0.29) is 0 Å². The van der Waals surface area contributed by atoms with E-state index in [4.69, 9.17) is 5.26 Å². The van der Waals surface area contributed by atoms with E-state index in [2.05, 4.69) is 28.9 Å². The lowest BCUT2D eigenvalue weighted by atomic mass is 10.2. The number of nitriles is 1. The number of unbranched alkanes of at least 4 members (excludes halogenated alkanes) is 2. The first-order valence-corrected chi connectivity index (χ1v) is 6.88. The second-order valence-electron chi connectivity index (χ2n) is 3.31. The molecule has 0 aliphatic carbocycles. The maximum Gasteiger partial charge on any atom is 0.100 e. The van der Waals surface area contributed by atoms with Crippen LogP contribution in [0.4, 0.5) is 0 Å². The van der Waals surface area contributed by atoms with Crippen molar-refractivity contribution in [2.45, 2.75) is 31.1 Å². The van der Waals surface area contributed by atoms with Gasteiger partial charge in [-0.3, -0.25) is 0 Å². The van der Waals surface area contributed by atoms with E-state index in [0.29, 0.717) is 5.56 Å². The average molecular weight is 284 g/mol. The highest BCUT2D eigenvalue weighted by Crippen LogP contribution is 2.25. The van der Waals surface area contributed by atoms with Crippen molar-refractivity contribution in [2.24, 2.45) is 0 Å². The summed E-state index contributed by atoms with van der Waals surface area (Å²) in [5, 5.41) is 8.77. The van der Waals surface area contributed by atoms with E-state index in [9.17, 15) is 0 Å². The first-order valence-electron chi connectivity index (χ1n) is 5.10. The topological polar surface area (TPSA) is 23.8 Å². The van der Waals surface area contributed by atoms with Crippen molar-refractivity contribution in [2.75, 3.05) is 5.75 Å². The normalized spacial score (nSPS) is 9.93.